The molecule has 4 aliphatic heterocycles. The van der Waals surface area contributed by atoms with Crippen molar-refractivity contribution in [1.82, 2.24) is 30.9 Å². The highest BCUT2D eigenvalue weighted by atomic mass is 16.5. The number of fused-ring (bicyclic) bond motifs is 6. The van der Waals surface area contributed by atoms with Crippen LogP contribution < -0.4 is 26.0 Å². The Morgan fingerprint density at radius 1 is 1.19 bits per heavy atom. The van der Waals surface area contributed by atoms with Crippen molar-refractivity contribution in [2.75, 3.05) is 45.7 Å². The highest BCUT2D eigenvalue weighted by Crippen LogP contribution is 2.34. The predicted octanol–water partition coefficient (Wildman–Crippen LogP) is 1.09. The molecule has 6 atom stereocenters. The van der Waals surface area contributed by atoms with Crippen LogP contribution in [0, 0.1) is 5.92 Å². The SMILES string of the molecule is CN(C)CCOc1ccc(NC2NCC3C(=O)N4C/C=C\CC[C@@](C)(O)C5CCCC(N5)N4C3N2)cc1. The van der Waals surface area contributed by atoms with Gasteiger partial charge in [0, 0.05) is 24.8 Å². The van der Waals surface area contributed by atoms with Gasteiger partial charge in [-0.2, -0.15) is 5.01 Å². The fraction of sp³-hybridized carbons (Fsp3) is 0.667. The number of hydrogen-bond acceptors (Lipinski definition) is 9. The van der Waals surface area contributed by atoms with Gasteiger partial charge in [0.1, 0.15) is 18.6 Å². The van der Waals surface area contributed by atoms with Gasteiger partial charge in [-0.05, 0) is 77.4 Å². The van der Waals surface area contributed by atoms with E-state index in [9.17, 15) is 9.90 Å². The Bertz CT molecular complexity index is 954. The first-order chi connectivity index (χ1) is 17.8. The molecule has 5 rings (SSSR count). The third-order valence-electron chi connectivity index (χ3n) is 8.06. The van der Waals surface area contributed by atoms with Gasteiger partial charge in [0.05, 0.1) is 30.4 Å². The number of hydrazine groups is 1. The summed E-state index contributed by atoms with van der Waals surface area (Å²) < 4.78 is 5.81. The number of allylic oxidation sites excluding steroid dienone is 1. The second kappa shape index (κ2) is 11.3. The third kappa shape index (κ3) is 5.94. The molecule has 1 aromatic carbocycles. The summed E-state index contributed by atoms with van der Waals surface area (Å²) >= 11 is 0. The highest BCUT2D eigenvalue weighted by Gasteiger charge is 2.52. The molecule has 0 saturated carbocycles. The zero-order chi connectivity index (χ0) is 26.0. The second-order valence-corrected chi connectivity index (χ2v) is 11.2. The quantitative estimate of drug-likeness (QED) is 0.358. The van der Waals surface area contributed by atoms with Gasteiger partial charge < -0.3 is 20.1 Å². The van der Waals surface area contributed by atoms with Crippen molar-refractivity contribution in [2.24, 2.45) is 5.92 Å². The van der Waals surface area contributed by atoms with Crippen LogP contribution in [0.25, 0.3) is 0 Å². The summed E-state index contributed by atoms with van der Waals surface area (Å²) in [6.07, 6.45) is 8.23. The van der Waals surface area contributed by atoms with Crippen LogP contribution in [0.2, 0.25) is 0 Å². The minimum atomic E-state index is -0.782. The zero-order valence-electron chi connectivity index (χ0n) is 22.3. The molecule has 204 valence electrons. The van der Waals surface area contributed by atoms with Crippen molar-refractivity contribution in [2.45, 2.75) is 69.3 Å². The standard InChI is InChI=1S/C27H43N7O3/c1-27(36)14-5-4-6-15-33-25(35)21-18-28-26(31-24(21)34(33)23-9-7-8-22(27)30-23)29-19-10-12-20(13-11-19)37-17-16-32(2)3/h4,6,10-13,21-24,26,28-31,36H,5,7-9,14-18H2,1-3H3/b6-4-/t21?,22?,23?,24?,26?,27-/m1/s1. The van der Waals surface area contributed by atoms with E-state index < -0.39 is 5.60 Å². The first kappa shape index (κ1) is 26.4. The van der Waals surface area contributed by atoms with Crippen LogP contribution in [-0.2, 0) is 4.79 Å². The number of carbonyl (C=O) groups excluding carboxylic acids is 1. The number of nitrogens with one attached hydrogen (secondary N) is 4. The van der Waals surface area contributed by atoms with Gasteiger partial charge in [-0.1, -0.05) is 12.2 Å². The average Bonchev–Trinajstić information content (AvgIpc) is 3.14. The van der Waals surface area contributed by atoms with E-state index in [2.05, 4.69) is 43.3 Å². The van der Waals surface area contributed by atoms with E-state index >= 15 is 0 Å². The lowest BCUT2D eigenvalue weighted by Gasteiger charge is -2.47. The van der Waals surface area contributed by atoms with E-state index in [4.69, 9.17) is 4.74 Å². The Kier molecular flexibility index (Phi) is 8.04. The van der Waals surface area contributed by atoms with Crippen molar-refractivity contribution >= 4 is 11.6 Å². The number of benzene rings is 1. The molecule has 5 N–H and O–H groups in total. The number of piperidine rings is 1. The molecule has 3 saturated heterocycles. The molecule has 0 radical (unpaired) electrons. The van der Waals surface area contributed by atoms with Gasteiger partial charge in [0.25, 0.3) is 0 Å². The van der Waals surface area contributed by atoms with Crippen LogP contribution in [0.5, 0.6) is 5.75 Å². The molecular formula is C27H43N7O3. The summed E-state index contributed by atoms with van der Waals surface area (Å²) in [5.74, 6) is 0.811. The average molecular weight is 514 g/mol. The molecule has 5 unspecified atom stereocenters. The van der Waals surface area contributed by atoms with Crippen molar-refractivity contribution in [3.05, 3.63) is 36.4 Å². The van der Waals surface area contributed by atoms with Gasteiger partial charge in [-0.15, -0.1) is 0 Å². The summed E-state index contributed by atoms with van der Waals surface area (Å²) in [4.78, 5) is 15.6. The number of ether oxygens (including phenoxy) is 1. The van der Waals surface area contributed by atoms with E-state index in [0.717, 1.165) is 43.7 Å². The highest BCUT2D eigenvalue weighted by molar-refractivity contribution is 5.82. The molecular weight excluding hydrogens is 470 g/mol. The molecule has 4 heterocycles. The van der Waals surface area contributed by atoms with Crippen molar-refractivity contribution in [3.8, 4) is 5.75 Å². The van der Waals surface area contributed by atoms with Gasteiger partial charge in [-0.3, -0.25) is 25.8 Å². The zero-order valence-corrected chi connectivity index (χ0v) is 22.3. The van der Waals surface area contributed by atoms with E-state index in [1.54, 1.807) is 0 Å². The number of hydrogen-bond donors (Lipinski definition) is 5. The molecule has 0 spiro atoms. The lowest BCUT2D eigenvalue weighted by Crippen LogP contribution is -2.69. The number of rotatable bonds is 6. The largest absolute Gasteiger partial charge is 0.492 e. The lowest BCUT2D eigenvalue weighted by molar-refractivity contribution is -0.146. The molecule has 1 amide bonds. The number of nitrogens with zero attached hydrogens (tertiary/aromatic N) is 3. The van der Waals surface area contributed by atoms with E-state index in [-0.39, 0.29) is 36.5 Å². The van der Waals surface area contributed by atoms with Crippen molar-refractivity contribution < 1.29 is 14.6 Å². The maximum Gasteiger partial charge on any atom is 0.244 e. The topological polar surface area (TPSA) is 104 Å². The Balaban J connectivity index is 1.28. The number of amides is 1. The van der Waals surface area contributed by atoms with Crippen LogP contribution in [0.1, 0.15) is 39.0 Å². The molecule has 1 aromatic rings. The van der Waals surface area contributed by atoms with E-state index in [0.29, 0.717) is 26.1 Å². The molecule has 3 fully saturated rings. The second-order valence-electron chi connectivity index (χ2n) is 11.2. The first-order valence-corrected chi connectivity index (χ1v) is 13.7. The normalized spacial score (nSPS) is 35.4. The van der Waals surface area contributed by atoms with E-state index in [1.165, 1.54) is 0 Å². The molecule has 0 aromatic heterocycles. The summed E-state index contributed by atoms with van der Waals surface area (Å²) in [5, 5.41) is 29.7. The van der Waals surface area contributed by atoms with Crippen molar-refractivity contribution in [3.63, 3.8) is 0 Å². The minimum Gasteiger partial charge on any atom is -0.492 e. The monoisotopic (exact) mass is 513 g/mol. The molecule has 4 aliphatic rings. The molecule has 37 heavy (non-hydrogen) atoms. The lowest BCUT2D eigenvalue weighted by atomic mass is 9.85. The number of carbonyl (C=O) groups is 1. The predicted molar refractivity (Wildman–Crippen MR) is 143 cm³/mol. The van der Waals surface area contributed by atoms with Crippen molar-refractivity contribution in [1.29, 1.82) is 0 Å². The molecule has 0 aliphatic carbocycles. The Morgan fingerprint density at radius 2 is 2.00 bits per heavy atom. The van der Waals surface area contributed by atoms with Gasteiger partial charge >= 0.3 is 0 Å². The maximum absolute atomic E-state index is 13.5. The smallest absolute Gasteiger partial charge is 0.244 e. The number of likely N-dealkylation sites (N-methyl/N-ethyl adjacent to an activating group) is 1. The van der Waals surface area contributed by atoms with Crippen LogP contribution in [0.15, 0.2) is 36.4 Å². The first-order valence-electron chi connectivity index (χ1n) is 13.7. The summed E-state index contributed by atoms with van der Waals surface area (Å²) in [6, 6.07) is 7.98. The van der Waals surface area contributed by atoms with E-state index in [1.807, 2.05) is 50.3 Å². The maximum atomic E-state index is 13.5. The van der Waals surface area contributed by atoms with Gasteiger partial charge in [0.15, 0.2) is 0 Å². The van der Waals surface area contributed by atoms with Gasteiger partial charge in [0.2, 0.25) is 5.91 Å². The summed E-state index contributed by atoms with van der Waals surface area (Å²) in [7, 11) is 4.06. The Labute approximate surface area is 220 Å². The van der Waals surface area contributed by atoms with Crippen LogP contribution in [0.3, 0.4) is 0 Å². The van der Waals surface area contributed by atoms with Crippen LogP contribution >= 0.6 is 0 Å². The summed E-state index contributed by atoms with van der Waals surface area (Å²) in [5.41, 5.74) is 0.187. The molecule has 10 nitrogen and oxygen atoms in total. The molecule has 2 bridgehead atoms. The van der Waals surface area contributed by atoms with Crippen LogP contribution in [-0.4, -0.2) is 96.5 Å². The number of anilines is 1. The summed E-state index contributed by atoms with van der Waals surface area (Å²) in [6.45, 7) is 4.59. The molecule has 10 heteroatoms. The Hall–Kier alpha value is -2.21. The fourth-order valence-corrected chi connectivity index (χ4v) is 5.90. The van der Waals surface area contributed by atoms with Gasteiger partial charge in [-0.25, -0.2) is 0 Å². The fourth-order valence-electron chi connectivity index (χ4n) is 5.90. The number of aliphatic hydroxyl groups is 1. The minimum absolute atomic E-state index is 0.00264. The Morgan fingerprint density at radius 3 is 2.78 bits per heavy atom. The third-order valence-corrected chi connectivity index (χ3v) is 8.06. The van der Waals surface area contributed by atoms with Crippen LogP contribution in [0.4, 0.5) is 5.69 Å².